The van der Waals surface area contributed by atoms with E-state index in [4.69, 9.17) is 9.47 Å². The van der Waals surface area contributed by atoms with Gasteiger partial charge in [0.05, 0.1) is 18.8 Å². The maximum Gasteiger partial charge on any atom is 0.0900 e. The first-order valence-corrected chi connectivity index (χ1v) is 9.50. The van der Waals surface area contributed by atoms with E-state index in [0.717, 1.165) is 51.7 Å². The summed E-state index contributed by atoms with van der Waals surface area (Å²) in [5, 5.41) is 10.4. The zero-order chi connectivity index (χ0) is 16.2. The molecule has 0 aromatic carbocycles. The van der Waals surface area contributed by atoms with E-state index in [1.807, 2.05) is 0 Å². The van der Waals surface area contributed by atoms with Gasteiger partial charge in [0.1, 0.15) is 0 Å². The minimum atomic E-state index is -0.373. The smallest absolute Gasteiger partial charge is 0.0900 e. The largest absolute Gasteiger partial charge is 0.389 e. The Morgan fingerprint density at radius 2 is 1.83 bits per heavy atom. The van der Waals surface area contributed by atoms with Crippen molar-refractivity contribution in [2.24, 2.45) is 0 Å². The Bertz CT molecular complexity index is 360. The lowest BCUT2D eigenvalue weighted by Crippen LogP contribution is -2.44. The third-order valence-corrected chi connectivity index (χ3v) is 5.68. The molecule has 3 rings (SSSR count). The summed E-state index contributed by atoms with van der Waals surface area (Å²) in [7, 11) is 0. The van der Waals surface area contributed by atoms with Crippen molar-refractivity contribution in [2.75, 3.05) is 39.5 Å². The number of fused-ring (bicyclic) bond motifs is 2. The van der Waals surface area contributed by atoms with Crippen LogP contribution in [-0.2, 0) is 9.47 Å². The normalized spacial score (nSPS) is 32.3. The van der Waals surface area contributed by atoms with Crippen molar-refractivity contribution in [1.29, 1.82) is 0 Å². The van der Waals surface area contributed by atoms with Crippen molar-refractivity contribution >= 4 is 0 Å². The highest BCUT2D eigenvalue weighted by atomic mass is 16.5. The Labute approximate surface area is 140 Å². The molecule has 5 nitrogen and oxygen atoms in total. The molecular weight excluding hydrogens is 292 g/mol. The Hall–Kier alpha value is -0.200. The van der Waals surface area contributed by atoms with E-state index in [0.29, 0.717) is 18.7 Å². The quantitative estimate of drug-likeness (QED) is 0.801. The standard InChI is InChI=1S/C18H34N2O3/c1-14(2)20-15-3-4-16(20)11-19(8-5-15)12-17(21)13-23-18-6-9-22-10-7-18/h14-18,21H,3-13H2,1-2H3. The van der Waals surface area contributed by atoms with E-state index in [1.54, 1.807) is 0 Å². The number of aliphatic hydroxyl groups excluding tert-OH is 1. The van der Waals surface area contributed by atoms with Gasteiger partial charge in [-0.25, -0.2) is 0 Å². The van der Waals surface area contributed by atoms with Crippen molar-refractivity contribution in [3.63, 3.8) is 0 Å². The second kappa shape index (κ2) is 8.26. The van der Waals surface area contributed by atoms with Gasteiger partial charge in [-0.3, -0.25) is 9.80 Å². The molecule has 0 aromatic heterocycles. The molecule has 3 saturated heterocycles. The Balaban J connectivity index is 1.43. The molecule has 1 N–H and O–H groups in total. The van der Waals surface area contributed by atoms with E-state index >= 15 is 0 Å². The van der Waals surface area contributed by atoms with Gasteiger partial charge in [0.25, 0.3) is 0 Å². The molecule has 3 aliphatic rings. The van der Waals surface area contributed by atoms with Gasteiger partial charge in [-0.1, -0.05) is 0 Å². The van der Waals surface area contributed by atoms with Crippen LogP contribution in [0.15, 0.2) is 0 Å². The van der Waals surface area contributed by atoms with Crippen LogP contribution in [-0.4, -0.2) is 84.7 Å². The number of β-amino-alcohol motifs (C(OH)–C–C–N with tert-alkyl or cyclic N) is 1. The van der Waals surface area contributed by atoms with Gasteiger partial charge in [0.2, 0.25) is 0 Å². The van der Waals surface area contributed by atoms with Crippen LogP contribution < -0.4 is 0 Å². The highest BCUT2D eigenvalue weighted by Gasteiger charge is 2.38. The molecule has 5 heteroatoms. The summed E-state index contributed by atoms with van der Waals surface area (Å²) >= 11 is 0. The zero-order valence-electron chi connectivity index (χ0n) is 14.8. The van der Waals surface area contributed by atoms with Crippen LogP contribution in [0.25, 0.3) is 0 Å². The van der Waals surface area contributed by atoms with Crippen LogP contribution in [0.5, 0.6) is 0 Å². The van der Waals surface area contributed by atoms with E-state index < -0.39 is 0 Å². The van der Waals surface area contributed by atoms with Gasteiger partial charge < -0.3 is 14.6 Å². The van der Waals surface area contributed by atoms with Gasteiger partial charge in [-0.2, -0.15) is 0 Å². The number of hydrogen-bond acceptors (Lipinski definition) is 5. The van der Waals surface area contributed by atoms with Gasteiger partial charge in [0.15, 0.2) is 0 Å². The van der Waals surface area contributed by atoms with Crippen LogP contribution in [0.2, 0.25) is 0 Å². The first kappa shape index (κ1) is 17.6. The van der Waals surface area contributed by atoms with Crippen LogP contribution in [0.1, 0.15) is 46.0 Å². The zero-order valence-corrected chi connectivity index (χ0v) is 14.8. The Morgan fingerprint density at radius 1 is 1.09 bits per heavy atom. The van der Waals surface area contributed by atoms with Gasteiger partial charge in [-0.05, 0) is 52.5 Å². The topological polar surface area (TPSA) is 45.2 Å². The lowest BCUT2D eigenvalue weighted by molar-refractivity contribution is -0.0644. The minimum absolute atomic E-state index is 0.273. The number of aliphatic hydroxyl groups is 1. The second-order valence-electron chi connectivity index (χ2n) is 7.77. The molecule has 0 amide bonds. The fourth-order valence-electron chi connectivity index (χ4n) is 4.63. The third-order valence-electron chi connectivity index (χ3n) is 5.68. The molecule has 0 aliphatic carbocycles. The molecule has 3 aliphatic heterocycles. The molecule has 0 aromatic rings. The number of hydrogen-bond donors (Lipinski definition) is 1. The molecule has 134 valence electrons. The Kier molecular flexibility index (Phi) is 6.32. The summed E-state index contributed by atoms with van der Waals surface area (Å²) in [6.07, 6.45) is 5.73. The van der Waals surface area contributed by atoms with Crippen molar-refractivity contribution in [1.82, 2.24) is 9.80 Å². The summed E-state index contributed by atoms with van der Waals surface area (Å²) in [6.45, 7) is 9.64. The minimum Gasteiger partial charge on any atom is -0.389 e. The highest BCUT2D eigenvalue weighted by Crippen LogP contribution is 2.31. The van der Waals surface area contributed by atoms with E-state index in [1.165, 1.54) is 19.3 Å². The maximum atomic E-state index is 10.4. The third kappa shape index (κ3) is 4.67. The molecule has 3 heterocycles. The van der Waals surface area contributed by atoms with E-state index in [2.05, 4.69) is 23.6 Å². The van der Waals surface area contributed by atoms with Gasteiger partial charge in [0, 0.05) is 44.4 Å². The summed E-state index contributed by atoms with van der Waals surface area (Å²) in [5.74, 6) is 0. The van der Waals surface area contributed by atoms with E-state index in [9.17, 15) is 5.11 Å². The predicted octanol–water partition coefficient (Wildman–Crippen LogP) is 1.49. The molecule has 0 saturated carbocycles. The van der Waals surface area contributed by atoms with Gasteiger partial charge >= 0.3 is 0 Å². The fraction of sp³-hybridized carbons (Fsp3) is 1.00. The van der Waals surface area contributed by atoms with Crippen molar-refractivity contribution < 1.29 is 14.6 Å². The number of likely N-dealkylation sites (tertiary alicyclic amines) is 1. The molecule has 0 spiro atoms. The lowest BCUT2D eigenvalue weighted by Gasteiger charge is -2.32. The maximum absolute atomic E-state index is 10.4. The molecule has 2 bridgehead atoms. The number of rotatable bonds is 6. The summed E-state index contributed by atoms with van der Waals surface area (Å²) in [5.41, 5.74) is 0. The van der Waals surface area contributed by atoms with Crippen molar-refractivity contribution in [3.05, 3.63) is 0 Å². The molecule has 3 fully saturated rings. The van der Waals surface area contributed by atoms with Gasteiger partial charge in [-0.15, -0.1) is 0 Å². The van der Waals surface area contributed by atoms with Crippen LogP contribution in [0.3, 0.4) is 0 Å². The fourth-order valence-corrected chi connectivity index (χ4v) is 4.63. The number of nitrogens with zero attached hydrogens (tertiary/aromatic N) is 2. The van der Waals surface area contributed by atoms with Crippen LogP contribution in [0.4, 0.5) is 0 Å². The molecule has 3 unspecified atom stereocenters. The van der Waals surface area contributed by atoms with Crippen molar-refractivity contribution in [3.8, 4) is 0 Å². The monoisotopic (exact) mass is 326 g/mol. The summed E-state index contributed by atoms with van der Waals surface area (Å²) in [4.78, 5) is 5.17. The molecule has 0 radical (unpaired) electrons. The predicted molar refractivity (Wildman–Crippen MR) is 90.6 cm³/mol. The number of ether oxygens (including phenoxy) is 2. The van der Waals surface area contributed by atoms with Crippen LogP contribution >= 0.6 is 0 Å². The summed E-state index contributed by atoms with van der Waals surface area (Å²) < 4.78 is 11.2. The van der Waals surface area contributed by atoms with E-state index in [-0.39, 0.29) is 12.2 Å². The molecule has 23 heavy (non-hydrogen) atoms. The first-order chi connectivity index (χ1) is 11.1. The lowest BCUT2D eigenvalue weighted by atomic mass is 10.1. The second-order valence-corrected chi connectivity index (χ2v) is 7.77. The summed E-state index contributed by atoms with van der Waals surface area (Å²) in [6, 6.07) is 2.06. The average Bonchev–Trinajstić information content (AvgIpc) is 2.84. The first-order valence-electron chi connectivity index (χ1n) is 9.50. The Morgan fingerprint density at radius 3 is 2.57 bits per heavy atom. The highest BCUT2D eigenvalue weighted by molar-refractivity contribution is 4.94. The average molecular weight is 326 g/mol. The van der Waals surface area contributed by atoms with Crippen LogP contribution in [0, 0.1) is 0 Å². The van der Waals surface area contributed by atoms with Crippen molar-refractivity contribution in [2.45, 2.75) is 76.3 Å². The SMILES string of the molecule is CC(C)N1C2CCC1CN(CC(O)COC1CCOCC1)CC2. The molecule has 3 atom stereocenters. The molecular formula is C18H34N2O3.